The monoisotopic (exact) mass is 350 g/mol. The van der Waals surface area contributed by atoms with Gasteiger partial charge >= 0.3 is 11.9 Å². The zero-order chi connectivity index (χ0) is 18.7. The molecule has 1 atom stereocenters. The average molecular weight is 350 g/mol. The molecule has 0 aliphatic carbocycles. The van der Waals surface area contributed by atoms with Gasteiger partial charge in [-0.25, -0.2) is 4.79 Å². The number of carbonyl (C=O) groups is 2. The fourth-order valence-electron chi connectivity index (χ4n) is 2.85. The van der Waals surface area contributed by atoms with Crippen LogP contribution in [0.2, 0.25) is 0 Å². The molecule has 25 heavy (non-hydrogen) atoms. The number of phenolic OH excluding ortho intramolecular Hbond substituents is 1. The number of esters is 2. The van der Waals surface area contributed by atoms with Crippen LogP contribution in [0.3, 0.4) is 0 Å². The van der Waals surface area contributed by atoms with E-state index in [0.29, 0.717) is 28.0 Å². The molecule has 2 rings (SSSR count). The van der Waals surface area contributed by atoms with Gasteiger partial charge in [-0.05, 0) is 25.0 Å². The summed E-state index contributed by atoms with van der Waals surface area (Å²) in [6.45, 7) is 3.53. The van der Waals surface area contributed by atoms with Crippen molar-refractivity contribution in [3.8, 4) is 11.5 Å². The minimum absolute atomic E-state index is 0.0277. The van der Waals surface area contributed by atoms with Crippen LogP contribution in [0.5, 0.6) is 11.5 Å². The van der Waals surface area contributed by atoms with Crippen molar-refractivity contribution in [2.75, 3.05) is 14.2 Å². The lowest BCUT2D eigenvalue weighted by atomic mass is 9.92. The number of aromatic hydroxyl groups is 1. The summed E-state index contributed by atoms with van der Waals surface area (Å²) in [7, 11) is 2.75. The number of rotatable bonds is 6. The van der Waals surface area contributed by atoms with E-state index in [4.69, 9.17) is 9.47 Å². The standard InChI is InChI=1S/C18H22O7/c1-9(5-6-14(20)23-3)13(19)7-11-16(21)15-12(8-25-18(15)22)10(2)17(11)24-4/h5,13,19,21H,6-8H2,1-4H3/b9-5+/t13-/m0/s1. The van der Waals surface area contributed by atoms with Crippen molar-refractivity contribution >= 4 is 11.9 Å². The van der Waals surface area contributed by atoms with Crippen molar-refractivity contribution in [3.63, 3.8) is 0 Å². The van der Waals surface area contributed by atoms with Crippen molar-refractivity contribution in [2.24, 2.45) is 0 Å². The second kappa shape index (κ2) is 7.57. The first-order valence-corrected chi connectivity index (χ1v) is 7.81. The minimum Gasteiger partial charge on any atom is -0.507 e. The summed E-state index contributed by atoms with van der Waals surface area (Å²) in [5.74, 6) is -0.829. The highest BCUT2D eigenvalue weighted by Crippen LogP contribution is 2.42. The van der Waals surface area contributed by atoms with Crippen LogP contribution in [0.25, 0.3) is 0 Å². The Morgan fingerprint density at radius 1 is 1.40 bits per heavy atom. The maximum atomic E-state index is 11.9. The molecule has 0 radical (unpaired) electrons. The van der Waals surface area contributed by atoms with Gasteiger partial charge < -0.3 is 24.4 Å². The van der Waals surface area contributed by atoms with Crippen molar-refractivity contribution in [3.05, 3.63) is 33.9 Å². The van der Waals surface area contributed by atoms with E-state index >= 15 is 0 Å². The number of methoxy groups -OCH3 is 2. The molecule has 0 aromatic heterocycles. The van der Waals surface area contributed by atoms with Gasteiger partial charge in [-0.3, -0.25) is 4.79 Å². The minimum atomic E-state index is -0.959. The summed E-state index contributed by atoms with van der Waals surface area (Å²) in [5, 5.41) is 20.9. The number of aliphatic hydroxyl groups excluding tert-OH is 1. The zero-order valence-corrected chi connectivity index (χ0v) is 14.7. The number of hydrogen-bond acceptors (Lipinski definition) is 7. The number of aliphatic hydroxyl groups is 1. The Labute approximate surface area is 145 Å². The molecule has 1 aliphatic heterocycles. The molecule has 1 aromatic carbocycles. The molecule has 0 saturated carbocycles. The molecule has 7 heteroatoms. The van der Waals surface area contributed by atoms with Crippen LogP contribution in [-0.4, -0.2) is 42.5 Å². The van der Waals surface area contributed by atoms with Gasteiger partial charge in [-0.1, -0.05) is 6.08 Å². The first kappa shape index (κ1) is 18.8. The van der Waals surface area contributed by atoms with Gasteiger partial charge in [0.15, 0.2) is 0 Å². The maximum absolute atomic E-state index is 11.9. The van der Waals surface area contributed by atoms with Gasteiger partial charge in [0.1, 0.15) is 23.7 Å². The molecule has 7 nitrogen and oxygen atoms in total. The SMILES string of the molecule is COC(=O)C/C=C(\C)[C@@H](O)Cc1c(O)c2c(c(C)c1OC)COC2=O. The van der Waals surface area contributed by atoms with E-state index in [2.05, 4.69) is 4.74 Å². The van der Waals surface area contributed by atoms with Crippen molar-refractivity contribution < 1.29 is 34.0 Å². The Morgan fingerprint density at radius 2 is 2.08 bits per heavy atom. The van der Waals surface area contributed by atoms with Crippen molar-refractivity contribution in [1.82, 2.24) is 0 Å². The highest BCUT2D eigenvalue weighted by molar-refractivity contribution is 5.98. The third-order valence-corrected chi connectivity index (χ3v) is 4.39. The number of ether oxygens (including phenoxy) is 3. The first-order valence-electron chi connectivity index (χ1n) is 7.81. The molecule has 136 valence electrons. The third kappa shape index (κ3) is 3.61. The lowest BCUT2D eigenvalue weighted by molar-refractivity contribution is -0.139. The van der Waals surface area contributed by atoms with E-state index in [0.717, 1.165) is 0 Å². The Balaban J connectivity index is 2.36. The van der Waals surface area contributed by atoms with Gasteiger partial charge in [0.05, 0.1) is 26.7 Å². The predicted octanol–water partition coefficient (Wildman–Crippen LogP) is 1.79. The van der Waals surface area contributed by atoms with Crippen LogP contribution in [0, 0.1) is 6.92 Å². The summed E-state index contributed by atoms with van der Waals surface area (Å²) >= 11 is 0. The lowest BCUT2D eigenvalue weighted by Gasteiger charge is -2.19. The smallest absolute Gasteiger partial charge is 0.342 e. The summed E-state index contributed by atoms with van der Waals surface area (Å²) in [6.07, 6.45) is 0.672. The molecular formula is C18H22O7. The second-order valence-electron chi connectivity index (χ2n) is 5.86. The molecule has 0 amide bonds. The van der Waals surface area contributed by atoms with Gasteiger partial charge in [0.25, 0.3) is 0 Å². The number of carbonyl (C=O) groups excluding carboxylic acids is 2. The van der Waals surface area contributed by atoms with Crippen LogP contribution >= 0.6 is 0 Å². The molecule has 2 N–H and O–H groups in total. The number of phenols is 1. The summed E-state index contributed by atoms with van der Waals surface area (Å²) in [5.41, 5.74) is 2.29. The Kier molecular flexibility index (Phi) is 5.69. The molecule has 0 bridgehead atoms. The Hall–Kier alpha value is -2.54. The summed E-state index contributed by atoms with van der Waals surface area (Å²) in [6, 6.07) is 0. The largest absolute Gasteiger partial charge is 0.507 e. The molecule has 0 unspecified atom stereocenters. The number of cyclic esters (lactones) is 1. The fraction of sp³-hybridized carbons (Fsp3) is 0.444. The molecule has 0 spiro atoms. The van der Waals surface area contributed by atoms with Gasteiger partial charge in [0.2, 0.25) is 0 Å². The number of benzene rings is 1. The van der Waals surface area contributed by atoms with Crippen LogP contribution in [-0.2, 0) is 27.3 Å². The van der Waals surface area contributed by atoms with E-state index in [1.54, 1.807) is 19.9 Å². The number of hydrogen-bond donors (Lipinski definition) is 2. The highest BCUT2D eigenvalue weighted by atomic mass is 16.5. The lowest BCUT2D eigenvalue weighted by Crippen LogP contribution is -2.15. The van der Waals surface area contributed by atoms with Gasteiger partial charge in [0, 0.05) is 17.5 Å². The third-order valence-electron chi connectivity index (χ3n) is 4.39. The first-order chi connectivity index (χ1) is 11.8. The Bertz CT molecular complexity index is 734. The molecule has 1 aromatic rings. The molecule has 1 aliphatic rings. The topological polar surface area (TPSA) is 102 Å². The van der Waals surface area contributed by atoms with Crippen LogP contribution < -0.4 is 4.74 Å². The molecule has 0 saturated heterocycles. The van der Waals surface area contributed by atoms with Gasteiger partial charge in [-0.2, -0.15) is 0 Å². The van der Waals surface area contributed by atoms with Gasteiger partial charge in [-0.15, -0.1) is 0 Å². The summed E-state index contributed by atoms with van der Waals surface area (Å²) < 4.78 is 14.9. The fourth-order valence-corrected chi connectivity index (χ4v) is 2.85. The normalized spacial score (nSPS) is 14.8. The molecule has 0 fully saturated rings. The second-order valence-corrected chi connectivity index (χ2v) is 5.86. The highest BCUT2D eigenvalue weighted by Gasteiger charge is 2.32. The predicted molar refractivity (Wildman–Crippen MR) is 88.6 cm³/mol. The van der Waals surface area contributed by atoms with E-state index in [9.17, 15) is 19.8 Å². The van der Waals surface area contributed by atoms with E-state index in [1.165, 1.54) is 14.2 Å². The summed E-state index contributed by atoms with van der Waals surface area (Å²) in [4.78, 5) is 23.1. The van der Waals surface area contributed by atoms with E-state index in [-0.39, 0.29) is 30.8 Å². The van der Waals surface area contributed by atoms with Crippen LogP contribution in [0.15, 0.2) is 11.6 Å². The maximum Gasteiger partial charge on any atom is 0.342 e. The van der Waals surface area contributed by atoms with Crippen LogP contribution in [0.4, 0.5) is 0 Å². The van der Waals surface area contributed by atoms with Crippen molar-refractivity contribution in [2.45, 2.75) is 39.4 Å². The number of fused-ring (bicyclic) bond motifs is 1. The average Bonchev–Trinajstić information content (AvgIpc) is 2.99. The van der Waals surface area contributed by atoms with E-state index in [1.807, 2.05) is 0 Å². The zero-order valence-electron chi connectivity index (χ0n) is 14.7. The van der Waals surface area contributed by atoms with Crippen LogP contribution in [0.1, 0.15) is 40.4 Å². The molecule has 1 heterocycles. The molecular weight excluding hydrogens is 328 g/mol. The Morgan fingerprint density at radius 3 is 2.68 bits per heavy atom. The quantitative estimate of drug-likeness (QED) is 0.595. The van der Waals surface area contributed by atoms with Crippen molar-refractivity contribution in [1.29, 1.82) is 0 Å². The van der Waals surface area contributed by atoms with E-state index < -0.39 is 18.0 Å².